The Bertz CT molecular complexity index is 1770. The molecule has 1 atom stereocenters. The number of nitrogens with one attached hydrogen (secondary N) is 1. The molecule has 2 amide bonds. The number of anilines is 1. The van der Waals surface area contributed by atoms with Gasteiger partial charge in [0, 0.05) is 24.4 Å². The van der Waals surface area contributed by atoms with Crippen LogP contribution in [0.15, 0.2) is 133 Å². The number of para-hydroxylation sites is 3. The normalized spacial score (nSPS) is 15.1. The summed E-state index contributed by atoms with van der Waals surface area (Å²) in [6.45, 7) is 0.395. The minimum Gasteiger partial charge on any atom is -0.497 e. The number of oxime groups is 1. The summed E-state index contributed by atoms with van der Waals surface area (Å²) in [6, 6.07) is 34.4. The first-order chi connectivity index (χ1) is 22.1. The highest BCUT2D eigenvalue weighted by atomic mass is 16.6. The van der Waals surface area contributed by atoms with Gasteiger partial charge in [-0.2, -0.15) is 0 Å². The molecule has 0 saturated carbocycles. The molecule has 226 valence electrons. The van der Waals surface area contributed by atoms with E-state index < -0.39 is 6.04 Å². The van der Waals surface area contributed by atoms with Crippen LogP contribution in [0.2, 0.25) is 0 Å². The van der Waals surface area contributed by atoms with Gasteiger partial charge in [-0.3, -0.25) is 9.59 Å². The van der Waals surface area contributed by atoms with Gasteiger partial charge >= 0.3 is 0 Å². The first-order valence-electron chi connectivity index (χ1n) is 14.6. The molecule has 5 aromatic rings. The van der Waals surface area contributed by atoms with Crippen LogP contribution in [-0.4, -0.2) is 46.7 Å². The predicted molar refractivity (Wildman–Crippen MR) is 172 cm³/mol. The predicted octanol–water partition coefficient (Wildman–Crippen LogP) is 6.70. The second-order valence-corrected chi connectivity index (χ2v) is 10.5. The highest BCUT2D eigenvalue weighted by Gasteiger charge is 2.39. The zero-order chi connectivity index (χ0) is 31.0. The van der Waals surface area contributed by atoms with Crippen molar-refractivity contribution in [3.8, 4) is 22.9 Å². The Morgan fingerprint density at radius 2 is 1.47 bits per heavy atom. The van der Waals surface area contributed by atoms with Crippen LogP contribution in [0.1, 0.15) is 22.3 Å². The van der Waals surface area contributed by atoms with Gasteiger partial charge < -0.3 is 29.1 Å². The van der Waals surface area contributed by atoms with Gasteiger partial charge in [0.25, 0.3) is 5.91 Å². The molecule has 1 saturated heterocycles. The third-order valence-electron chi connectivity index (χ3n) is 7.43. The van der Waals surface area contributed by atoms with Crippen LogP contribution >= 0.6 is 0 Å². The van der Waals surface area contributed by atoms with Gasteiger partial charge in [0.2, 0.25) is 5.91 Å². The maximum Gasteiger partial charge on any atom is 0.254 e. The molecule has 0 aliphatic carbocycles. The smallest absolute Gasteiger partial charge is 0.254 e. The lowest BCUT2D eigenvalue weighted by atomic mass is 10.1. The van der Waals surface area contributed by atoms with Crippen molar-refractivity contribution in [1.29, 1.82) is 0 Å². The fourth-order valence-electron chi connectivity index (χ4n) is 5.11. The van der Waals surface area contributed by atoms with Gasteiger partial charge in [-0.25, -0.2) is 0 Å². The van der Waals surface area contributed by atoms with E-state index in [2.05, 4.69) is 10.5 Å². The third-order valence-corrected chi connectivity index (χ3v) is 7.43. The van der Waals surface area contributed by atoms with E-state index in [9.17, 15) is 9.59 Å². The Hall–Kier alpha value is -5.83. The monoisotopic (exact) mass is 600 g/mol. The highest BCUT2D eigenvalue weighted by Crippen LogP contribution is 2.26. The number of hydrogen-bond acceptors (Lipinski definition) is 6. The minimum atomic E-state index is -0.793. The molecule has 0 unspecified atom stereocenters. The van der Waals surface area contributed by atoms with Crippen molar-refractivity contribution >= 4 is 23.2 Å². The minimum absolute atomic E-state index is 0.154. The number of hydrogen-bond donors (Lipinski definition) is 1. The number of aromatic nitrogens is 1. The summed E-state index contributed by atoms with van der Waals surface area (Å²) in [5.74, 6) is 1.45. The molecule has 9 heteroatoms. The van der Waals surface area contributed by atoms with Crippen LogP contribution in [0.3, 0.4) is 0 Å². The molecule has 1 N–H and O–H groups in total. The molecule has 1 aliphatic heterocycles. The van der Waals surface area contributed by atoms with Crippen molar-refractivity contribution in [3.63, 3.8) is 0 Å². The molecule has 45 heavy (non-hydrogen) atoms. The summed E-state index contributed by atoms with van der Waals surface area (Å²) in [5, 5.41) is 7.38. The second-order valence-electron chi connectivity index (χ2n) is 10.5. The number of amides is 2. The molecule has 6 rings (SSSR count). The van der Waals surface area contributed by atoms with E-state index in [1.165, 1.54) is 4.90 Å². The molecule has 4 aromatic carbocycles. The lowest BCUT2D eigenvalue weighted by Crippen LogP contribution is -2.43. The molecule has 1 aliphatic rings. The molecular formula is C36H32N4O5. The largest absolute Gasteiger partial charge is 0.497 e. The molecule has 1 aromatic heterocycles. The topological polar surface area (TPSA) is 94.4 Å². The first kappa shape index (κ1) is 29.3. The van der Waals surface area contributed by atoms with Gasteiger partial charge in [-0.1, -0.05) is 47.6 Å². The van der Waals surface area contributed by atoms with E-state index in [1.807, 2.05) is 108 Å². The van der Waals surface area contributed by atoms with E-state index >= 15 is 0 Å². The SMILES string of the molecule is COc1ccc(CO/N=C2\C[C@@H](C(=O)Nc3ccccc3-n3cccc3)N(C(=O)c3ccc(Oc4ccccc4)cc3)C2)cc1. The molecule has 9 nitrogen and oxygen atoms in total. The van der Waals surface area contributed by atoms with Crippen molar-refractivity contribution in [1.82, 2.24) is 9.47 Å². The fourth-order valence-corrected chi connectivity index (χ4v) is 5.11. The number of nitrogens with zero attached hydrogens (tertiary/aromatic N) is 3. The maximum absolute atomic E-state index is 13.8. The summed E-state index contributed by atoms with van der Waals surface area (Å²) in [7, 11) is 1.61. The van der Waals surface area contributed by atoms with Gasteiger partial charge in [0.15, 0.2) is 0 Å². The number of ether oxygens (including phenoxy) is 2. The van der Waals surface area contributed by atoms with E-state index in [-0.39, 0.29) is 31.4 Å². The van der Waals surface area contributed by atoms with E-state index in [4.69, 9.17) is 14.3 Å². The van der Waals surface area contributed by atoms with Crippen LogP contribution in [0, 0.1) is 0 Å². The summed E-state index contributed by atoms with van der Waals surface area (Å²) >= 11 is 0. The summed E-state index contributed by atoms with van der Waals surface area (Å²) < 4.78 is 13.0. The Labute approximate surface area is 261 Å². The standard InChI is InChI=1S/C36H32N4O5/c1-43-29-17-13-26(14-18-29)25-44-38-28-23-34(35(41)37-32-11-5-6-12-33(32)39-21-7-8-22-39)40(24-28)36(42)27-15-19-31(20-16-27)45-30-9-3-2-4-10-30/h2-22,34H,23-25H2,1H3,(H,37,41)/b38-28+/t34-/m0/s1. The van der Waals surface area contributed by atoms with E-state index in [0.29, 0.717) is 28.5 Å². The molecule has 0 bridgehead atoms. The Morgan fingerprint density at radius 3 is 2.20 bits per heavy atom. The van der Waals surface area contributed by atoms with Crippen molar-refractivity contribution in [3.05, 3.63) is 139 Å². The zero-order valence-electron chi connectivity index (χ0n) is 24.7. The Kier molecular flexibility index (Phi) is 8.87. The van der Waals surface area contributed by atoms with Gasteiger partial charge in [-0.15, -0.1) is 0 Å². The number of benzene rings is 4. The van der Waals surface area contributed by atoms with Crippen LogP contribution in [-0.2, 0) is 16.2 Å². The van der Waals surface area contributed by atoms with Crippen molar-refractivity contribution < 1.29 is 23.9 Å². The molecule has 1 fully saturated rings. The number of carbonyl (C=O) groups is 2. The van der Waals surface area contributed by atoms with Crippen LogP contribution < -0.4 is 14.8 Å². The molecule has 0 radical (unpaired) electrons. The average molecular weight is 601 g/mol. The van der Waals surface area contributed by atoms with Crippen molar-refractivity contribution in [2.45, 2.75) is 19.1 Å². The summed E-state index contributed by atoms with van der Waals surface area (Å²) in [4.78, 5) is 34.8. The Morgan fingerprint density at radius 1 is 0.800 bits per heavy atom. The van der Waals surface area contributed by atoms with Gasteiger partial charge in [0.05, 0.1) is 30.7 Å². The average Bonchev–Trinajstić information content (AvgIpc) is 3.77. The first-order valence-corrected chi connectivity index (χ1v) is 14.6. The third kappa shape index (κ3) is 7.05. The second kappa shape index (κ2) is 13.6. The highest BCUT2D eigenvalue weighted by molar-refractivity contribution is 6.08. The molecule has 2 heterocycles. The maximum atomic E-state index is 13.8. The van der Waals surface area contributed by atoms with Crippen molar-refractivity contribution in [2.75, 3.05) is 19.0 Å². The number of methoxy groups -OCH3 is 1. The quantitative estimate of drug-likeness (QED) is 0.180. The number of likely N-dealkylation sites (tertiary alicyclic amines) is 1. The fraction of sp³-hybridized carbons (Fsp3) is 0.139. The van der Waals surface area contributed by atoms with Crippen molar-refractivity contribution in [2.24, 2.45) is 5.16 Å². The van der Waals surface area contributed by atoms with Crippen LogP contribution in [0.4, 0.5) is 5.69 Å². The Balaban J connectivity index is 1.21. The van der Waals surface area contributed by atoms with Crippen LogP contribution in [0.5, 0.6) is 17.2 Å². The molecule has 0 spiro atoms. The molecular weight excluding hydrogens is 568 g/mol. The van der Waals surface area contributed by atoms with Crippen LogP contribution in [0.25, 0.3) is 5.69 Å². The number of carbonyl (C=O) groups excluding carboxylic acids is 2. The van der Waals surface area contributed by atoms with E-state index in [1.54, 1.807) is 31.4 Å². The van der Waals surface area contributed by atoms with Gasteiger partial charge in [-0.05, 0) is 78.4 Å². The van der Waals surface area contributed by atoms with Gasteiger partial charge in [0.1, 0.15) is 29.9 Å². The lowest BCUT2D eigenvalue weighted by Gasteiger charge is -2.24. The zero-order valence-corrected chi connectivity index (χ0v) is 24.7. The van der Waals surface area contributed by atoms with E-state index in [0.717, 1.165) is 17.0 Å². The number of rotatable bonds is 10. The lowest BCUT2D eigenvalue weighted by molar-refractivity contribution is -0.119. The summed E-state index contributed by atoms with van der Waals surface area (Å²) in [5.41, 5.74) is 3.40. The summed E-state index contributed by atoms with van der Waals surface area (Å²) in [6.07, 6.45) is 4.06.